The molecule has 6 aromatic carbocycles. The van der Waals surface area contributed by atoms with Crippen molar-refractivity contribution in [1.29, 1.82) is 0 Å². The number of nitrogens with zero attached hydrogens (tertiary/aromatic N) is 3. The molecule has 0 fully saturated rings. The topological polar surface area (TPSA) is 38.7 Å². The van der Waals surface area contributed by atoms with E-state index in [9.17, 15) is 0 Å². The first-order chi connectivity index (χ1) is 22.0. The Hall–Kier alpha value is -5.67. The van der Waals surface area contributed by atoms with E-state index in [2.05, 4.69) is 153 Å². The van der Waals surface area contributed by atoms with Crippen molar-refractivity contribution in [3.05, 3.63) is 163 Å². The summed E-state index contributed by atoms with van der Waals surface area (Å²) in [6, 6.07) is 53.2. The number of fused-ring (bicyclic) bond motifs is 3. The molecular weight excluding hydrogens is 546 g/mol. The lowest BCUT2D eigenvalue weighted by molar-refractivity contribution is 0.660. The van der Waals surface area contributed by atoms with Gasteiger partial charge in [0.2, 0.25) is 0 Å². The zero-order chi connectivity index (χ0) is 30.4. The minimum Gasteiger partial charge on any atom is -0.208 e. The molecule has 0 bridgehead atoms. The Bertz CT molecular complexity index is 2050. The third-order valence-corrected chi connectivity index (χ3v) is 8.98. The summed E-state index contributed by atoms with van der Waals surface area (Å²) in [6.07, 6.45) is 0. The minimum atomic E-state index is -0.0547. The number of hydrogen-bond acceptors (Lipinski definition) is 3. The zero-order valence-electron chi connectivity index (χ0n) is 25.3. The van der Waals surface area contributed by atoms with Gasteiger partial charge in [-0.2, -0.15) is 0 Å². The Balaban J connectivity index is 1.25. The van der Waals surface area contributed by atoms with Gasteiger partial charge in [-0.1, -0.05) is 159 Å². The van der Waals surface area contributed by atoms with Gasteiger partial charge in [-0.25, -0.2) is 15.0 Å². The van der Waals surface area contributed by atoms with Gasteiger partial charge in [0.1, 0.15) is 0 Å². The van der Waals surface area contributed by atoms with E-state index >= 15 is 0 Å². The molecule has 0 amide bonds. The van der Waals surface area contributed by atoms with Crippen LogP contribution >= 0.6 is 0 Å². The molecular formula is C42H31N3. The van der Waals surface area contributed by atoms with Gasteiger partial charge in [-0.3, -0.25) is 0 Å². The van der Waals surface area contributed by atoms with Crippen molar-refractivity contribution in [3.8, 4) is 67.5 Å². The van der Waals surface area contributed by atoms with Gasteiger partial charge in [0.15, 0.2) is 17.5 Å². The minimum absolute atomic E-state index is 0.0547. The van der Waals surface area contributed by atoms with E-state index in [1.165, 1.54) is 33.4 Å². The molecule has 1 aliphatic carbocycles. The highest BCUT2D eigenvalue weighted by atomic mass is 15.0. The maximum atomic E-state index is 5.06. The van der Waals surface area contributed by atoms with E-state index < -0.39 is 0 Å². The first-order valence-electron chi connectivity index (χ1n) is 15.4. The molecule has 214 valence electrons. The lowest BCUT2D eigenvalue weighted by atomic mass is 9.82. The number of benzene rings is 6. The summed E-state index contributed by atoms with van der Waals surface area (Å²) in [5, 5.41) is 0. The molecule has 7 aromatic rings. The Morgan fingerprint density at radius 2 is 0.711 bits per heavy atom. The van der Waals surface area contributed by atoms with E-state index in [1.807, 2.05) is 12.1 Å². The first-order valence-corrected chi connectivity index (χ1v) is 15.4. The molecule has 3 nitrogen and oxygen atoms in total. The predicted octanol–water partition coefficient (Wildman–Crippen LogP) is 10.5. The summed E-state index contributed by atoms with van der Waals surface area (Å²) in [6.45, 7) is 4.60. The first kappa shape index (κ1) is 26.9. The van der Waals surface area contributed by atoms with Crippen LogP contribution in [-0.2, 0) is 5.41 Å². The smallest absolute Gasteiger partial charge is 0.164 e. The van der Waals surface area contributed by atoms with Gasteiger partial charge in [0.05, 0.1) is 0 Å². The molecule has 45 heavy (non-hydrogen) atoms. The SMILES string of the molecule is CC1(C)c2ccccc2-c2cc(-c3nc(-c4ccc(-c5ccccc5)cc4)nc(-c4ccc(-c5ccccc5)cc4)n3)ccc21. The van der Waals surface area contributed by atoms with Crippen molar-refractivity contribution in [2.45, 2.75) is 19.3 Å². The molecule has 8 rings (SSSR count). The van der Waals surface area contributed by atoms with E-state index in [4.69, 9.17) is 15.0 Å². The second kappa shape index (κ2) is 10.8. The third-order valence-electron chi connectivity index (χ3n) is 8.98. The quantitative estimate of drug-likeness (QED) is 0.204. The molecule has 0 N–H and O–H groups in total. The monoisotopic (exact) mass is 577 g/mol. The van der Waals surface area contributed by atoms with Crippen LogP contribution in [0, 0.1) is 0 Å². The molecule has 0 spiro atoms. The van der Waals surface area contributed by atoms with Gasteiger partial charge < -0.3 is 0 Å². The average molecular weight is 578 g/mol. The summed E-state index contributed by atoms with van der Waals surface area (Å²) in [5.74, 6) is 1.98. The molecule has 0 saturated heterocycles. The maximum Gasteiger partial charge on any atom is 0.164 e. The van der Waals surface area contributed by atoms with Crippen LogP contribution in [0.2, 0.25) is 0 Å². The van der Waals surface area contributed by atoms with Gasteiger partial charge >= 0.3 is 0 Å². The van der Waals surface area contributed by atoms with Crippen molar-refractivity contribution in [2.75, 3.05) is 0 Å². The van der Waals surface area contributed by atoms with E-state index in [0.717, 1.165) is 27.8 Å². The Kier molecular flexibility index (Phi) is 6.46. The largest absolute Gasteiger partial charge is 0.208 e. The van der Waals surface area contributed by atoms with Crippen molar-refractivity contribution < 1.29 is 0 Å². The number of rotatable bonds is 5. The molecule has 0 unspecified atom stereocenters. The summed E-state index contributed by atoms with van der Waals surface area (Å²) in [4.78, 5) is 15.1. The summed E-state index contributed by atoms with van der Waals surface area (Å²) in [7, 11) is 0. The number of aromatic nitrogens is 3. The lowest BCUT2D eigenvalue weighted by Gasteiger charge is -2.21. The van der Waals surface area contributed by atoms with E-state index in [-0.39, 0.29) is 5.41 Å². The molecule has 0 aliphatic heterocycles. The summed E-state index contributed by atoms with van der Waals surface area (Å²) in [5.41, 5.74) is 12.7. The van der Waals surface area contributed by atoms with Crippen LogP contribution in [0.4, 0.5) is 0 Å². The summed E-state index contributed by atoms with van der Waals surface area (Å²) >= 11 is 0. The molecule has 0 atom stereocenters. The van der Waals surface area contributed by atoms with Crippen LogP contribution in [0.3, 0.4) is 0 Å². The molecule has 1 aliphatic rings. The fraction of sp³-hybridized carbons (Fsp3) is 0.0714. The Labute approximate surface area is 264 Å². The van der Waals surface area contributed by atoms with Crippen LogP contribution in [0.15, 0.2) is 152 Å². The average Bonchev–Trinajstić information content (AvgIpc) is 3.34. The molecule has 0 radical (unpaired) electrons. The maximum absolute atomic E-state index is 5.06. The van der Waals surface area contributed by atoms with Gasteiger partial charge in [-0.05, 0) is 50.6 Å². The Morgan fingerprint density at radius 3 is 1.24 bits per heavy atom. The normalized spacial score (nSPS) is 12.8. The highest BCUT2D eigenvalue weighted by Gasteiger charge is 2.35. The van der Waals surface area contributed by atoms with Crippen molar-refractivity contribution in [3.63, 3.8) is 0 Å². The standard InChI is InChI=1S/C42H31N3/c1-42(2)37-16-10-9-15-35(37)36-27-34(25-26-38(36)42)41-44-39(32-21-17-30(18-22-32)28-11-5-3-6-12-28)43-40(45-41)33-23-19-31(20-24-33)29-13-7-4-8-14-29/h3-27H,1-2H3. The predicted molar refractivity (Wildman–Crippen MR) is 185 cm³/mol. The molecule has 1 aromatic heterocycles. The fourth-order valence-corrected chi connectivity index (χ4v) is 6.51. The van der Waals surface area contributed by atoms with E-state index in [1.54, 1.807) is 0 Å². The van der Waals surface area contributed by atoms with E-state index in [0.29, 0.717) is 17.5 Å². The van der Waals surface area contributed by atoms with Crippen LogP contribution in [0.1, 0.15) is 25.0 Å². The van der Waals surface area contributed by atoms with Crippen LogP contribution in [0.5, 0.6) is 0 Å². The second-order valence-electron chi connectivity index (χ2n) is 12.1. The molecule has 3 heteroatoms. The van der Waals surface area contributed by atoms with Gasteiger partial charge in [0.25, 0.3) is 0 Å². The Morgan fingerprint density at radius 1 is 0.333 bits per heavy atom. The van der Waals surface area contributed by atoms with Gasteiger partial charge in [-0.15, -0.1) is 0 Å². The van der Waals surface area contributed by atoms with Crippen LogP contribution in [-0.4, -0.2) is 15.0 Å². The van der Waals surface area contributed by atoms with Crippen LogP contribution in [0.25, 0.3) is 67.5 Å². The molecule has 0 saturated carbocycles. The van der Waals surface area contributed by atoms with Crippen LogP contribution < -0.4 is 0 Å². The highest BCUT2D eigenvalue weighted by Crippen LogP contribution is 2.49. The second-order valence-corrected chi connectivity index (χ2v) is 12.1. The van der Waals surface area contributed by atoms with Crippen molar-refractivity contribution >= 4 is 0 Å². The van der Waals surface area contributed by atoms with Crippen molar-refractivity contribution in [2.24, 2.45) is 0 Å². The third kappa shape index (κ3) is 4.83. The van der Waals surface area contributed by atoms with Gasteiger partial charge in [0, 0.05) is 22.1 Å². The summed E-state index contributed by atoms with van der Waals surface area (Å²) < 4.78 is 0. The lowest BCUT2D eigenvalue weighted by Crippen LogP contribution is -2.14. The van der Waals surface area contributed by atoms with Crippen molar-refractivity contribution in [1.82, 2.24) is 15.0 Å². The molecule has 1 heterocycles. The fourth-order valence-electron chi connectivity index (χ4n) is 6.51. The number of hydrogen-bond donors (Lipinski definition) is 0. The zero-order valence-corrected chi connectivity index (χ0v) is 25.3. The highest BCUT2D eigenvalue weighted by molar-refractivity contribution is 5.84.